The minimum atomic E-state index is -0.206. The minimum Gasteiger partial charge on any atom is -0.496 e. The van der Waals surface area contributed by atoms with Gasteiger partial charge in [0, 0.05) is 5.56 Å². The van der Waals surface area contributed by atoms with Crippen LogP contribution in [0.4, 0.5) is 5.69 Å². The molecule has 4 nitrogen and oxygen atoms in total. The molecule has 0 saturated heterocycles. The van der Waals surface area contributed by atoms with Gasteiger partial charge in [0.25, 0.3) is 5.91 Å². The summed E-state index contributed by atoms with van der Waals surface area (Å²) in [5.74, 6) is 1.10. The molecule has 0 spiro atoms. The summed E-state index contributed by atoms with van der Waals surface area (Å²) in [5.41, 5.74) is 2.22. The lowest BCUT2D eigenvalue weighted by atomic mass is 10.1. The first-order chi connectivity index (χ1) is 10.0. The Hall–Kier alpha value is -2.01. The van der Waals surface area contributed by atoms with E-state index >= 15 is 0 Å². The number of amides is 1. The lowest BCUT2D eigenvalue weighted by Gasteiger charge is -2.11. The summed E-state index contributed by atoms with van der Waals surface area (Å²) in [5, 5.41) is 2.86. The van der Waals surface area contributed by atoms with Gasteiger partial charge in [-0.15, -0.1) is 0 Å². The van der Waals surface area contributed by atoms with Crippen molar-refractivity contribution in [2.75, 3.05) is 19.5 Å². The number of anilines is 1. The van der Waals surface area contributed by atoms with Crippen LogP contribution in [0, 0.1) is 6.92 Å². The number of hydrogen-bond donors (Lipinski definition) is 1. The minimum absolute atomic E-state index is 0.206. The Bertz CT molecular complexity index is 671. The molecule has 0 unspecified atom stereocenters. The van der Waals surface area contributed by atoms with E-state index in [4.69, 9.17) is 9.47 Å². The largest absolute Gasteiger partial charge is 0.496 e. The van der Waals surface area contributed by atoms with Crippen LogP contribution in [-0.4, -0.2) is 20.1 Å². The zero-order valence-electron chi connectivity index (χ0n) is 12.1. The third kappa shape index (κ3) is 3.55. The molecule has 21 heavy (non-hydrogen) atoms. The number of rotatable bonds is 4. The van der Waals surface area contributed by atoms with Crippen LogP contribution in [0.2, 0.25) is 0 Å². The summed E-state index contributed by atoms with van der Waals surface area (Å²) in [7, 11) is 3.15. The van der Waals surface area contributed by atoms with E-state index in [0.29, 0.717) is 22.7 Å². The van der Waals surface area contributed by atoms with Crippen LogP contribution in [0.1, 0.15) is 15.9 Å². The molecule has 0 aliphatic rings. The van der Waals surface area contributed by atoms with Crippen molar-refractivity contribution in [3.63, 3.8) is 0 Å². The summed E-state index contributed by atoms with van der Waals surface area (Å²) in [4.78, 5) is 12.3. The third-order valence-electron chi connectivity index (χ3n) is 3.02. The molecule has 5 heteroatoms. The molecule has 110 valence electrons. The Kier molecular flexibility index (Phi) is 4.85. The SMILES string of the molecule is COc1ccc(C(=O)Nc2cc(C)ccc2OC)cc1Br. The predicted molar refractivity (Wildman–Crippen MR) is 86.4 cm³/mol. The van der Waals surface area contributed by atoms with Crippen LogP contribution in [0.25, 0.3) is 0 Å². The van der Waals surface area contributed by atoms with Gasteiger partial charge in [-0.3, -0.25) is 4.79 Å². The molecule has 1 N–H and O–H groups in total. The van der Waals surface area contributed by atoms with Crippen LogP contribution < -0.4 is 14.8 Å². The molecule has 2 aromatic carbocycles. The molecule has 0 heterocycles. The number of halogens is 1. The zero-order chi connectivity index (χ0) is 15.4. The number of nitrogens with one attached hydrogen (secondary N) is 1. The second-order valence-electron chi connectivity index (χ2n) is 4.51. The smallest absolute Gasteiger partial charge is 0.255 e. The maximum Gasteiger partial charge on any atom is 0.255 e. The molecule has 0 aliphatic carbocycles. The first kappa shape index (κ1) is 15.4. The molecule has 0 fully saturated rings. The van der Waals surface area contributed by atoms with E-state index in [9.17, 15) is 4.79 Å². The fourth-order valence-corrected chi connectivity index (χ4v) is 2.46. The highest BCUT2D eigenvalue weighted by Crippen LogP contribution is 2.28. The molecule has 0 atom stereocenters. The van der Waals surface area contributed by atoms with E-state index < -0.39 is 0 Å². The summed E-state index contributed by atoms with van der Waals surface area (Å²) in [6, 6.07) is 10.8. The Morgan fingerprint density at radius 3 is 2.33 bits per heavy atom. The van der Waals surface area contributed by atoms with E-state index in [1.807, 2.05) is 25.1 Å². The number of carbonyl (C=O) groups excluding carboxylic acids is 1. The van der Waals surface area contributed by atoms with E-state index in [1.165, 1.54) is 0 Å². The van der Waals surface area contributed by atoms with Gasteiger partial charge in [0.2, 0.25) is 0 Å². The first-order valence-corrected chi connectivity index (χ1v) is 7.14. The lowest BCUT2D eigenvalue weighted by Crippen LogP contribution is -2.12. The molecule has 0 aromatic heterocycles. The summed E-state index contributed by atoms with van der Waals surface area (Å²) < 4.78 is 11.1. The van der Waals surface area contributed by atoms with Gasteiger partial charge < -0.3 is 14.8 Å². The van der Waals surface area contributed by atoms with Crippen molar-refractivity contribution in [3.8, 4) is 11.5 Å². The molecule has 0 bridgehead atoms. The van der Waals surface area contributed by atoms with Gasteiger partial charge in [-0.25, -0.2) is 0 Å². The average molecular weight is 350 g/mol. The van der Waals surface area contributed by atoms with Gasteiger partial charge in [0.1, 0.15) is 11.5 Å². The molecule has 1 amide bonds. The maximum absolute atomic E-state index is 12.3. The number of aryl methyl sites for hydroxylation is 1. The van der Waals surface area contributed by atoms with Crippen molar-refractivity contribution in [1.29, 1.82) is 0 Å². The standard InChI is InChI=1S/C16H16BrNO3/c1-10-4-6-15(21-3)13(8-10)18-16(19)11-5-7-14(20-2)12(17)9-11/h4-9H,1-3H3,(H,18,19). The molecule has 0 aliphatic heterocycles. The van der Waals surface area contributed by atoms with Crippen LogP contribution >= 0.6 is 15.9 Å². The van der Waals surface area contributed by atoms with Crippen molar-refractivity contribution in [2.24, 2.45) is 0 Å². The quantitative estimate of drug-likeness (QED) is 0.906. The fraction of sp³-hybridized carbons (Fsp3) is 0.188. The molecule has 0 radical (unpaired) electrons. The normalized spacial score (nSPS) is 10.1. The van der Waals surface area contributed by atoms with Crippen molar-refractivity contribution < 1.29 is 14.3 Å². The van der Waals surface area contributed by atoms with Crippen molar-refractivity contribution in [2.45, 2.75) is 6.92 Å². The van der Waals surface area contributed by atoms with Gasteiger partial charge in [0.05, 0.1) is 24.4 Å². The monoisotopic (exact) mass is 349 g/mol. The lowest BCUT2D eigenvalue weighted by molar-refractivity contribution is 0.102. The summed E-state index contributed by atoms with van der Waals surface area (Å²) in [6.45, 7) is 1.96. The summed E-state index contributed by atoms with van der Waals surface area (Å²) >= 11 is 3.37. The highest BCUT2D eigenvalue weighted by Gasteiger charge is 2.12. The Balaban J connectivity index is 2.26. The van der Waals surface area contributed by atoms with Crippen LogP contribution in [0.3, 0.4) is 0 Å². The fourth-order valence-electron chi connectivity index (χ4n) is 1.92. The Morgan fingerprint density at radius 2 is 1.71 bits per heavy atom. The van der Waals surface area contributed by atoms with E-state index in [2.05, 4.69) is 21.2 Å². The van der Waals surface area contributed by atoms with E-state index in [0.717, 1.165) is 10.0 Å². The van der Waals surface area contributed by atoms with Crippen molar-refractivity contribution >= 4 is 27.5 Å². The predicted octanol–water partition coefficient (Wildman–Crippen LogP) is 4.03. The molecular weight excluding hydrogens is 334 g/mol. The molecule has 2 rings (SSSR count). The van der Waals surface area contributed by atoms with E-state index in [1.54, 1.807) is 32.4 Å². The zero-order valence-corrected chi connectivity index (χ0v) is 13.7. The number of carbonyl (C=O) groups is 1. The van der Waals surface area contributed by atoms with Gasteiger partial charge in [-0.1, -0.05) is 6.07 Å². The van der Waals surface area contributed by atoms with Crippen LogP contribution in [-0.2, 0) is 0 Å². The van der Waals surface area contributed by atoms with Gasteiger partial charge >= 0.3 is 0 Å². The Morgan fingerprint density at radius 1 is 1.05 bits per heavy atom. The molecule has 0 saturated carbocycles. The van der Waals surface area contributed by atoms with Gasteiger partial charge in [-0.05, 0) is 58.7 Å². The highest BCUT2D eigenvalue weighted by molar-refractivity contribution is 9.10. The van der Waals surface area contributed by atoms with Crippen molar-refractivity contribution in [1.82, 2.24) is 0 Å². The third-order valence-corrected chi connectivity index (χ3v) is 3.64. The number of benzene rings is 2. The Labute approximate surface area is 132 Å². The van der Waals surface area contributed by atoms with Crippen LogP contribution in [0.15, 0.2) is 40.9 Å². The first-order valence-electron chi connectivity index (χ1n) is 6.34. The van der Waals surface area contributed by atoms with Crippen molar-refractivity contribution in [3.05, 3.63) is 52.0 Å². The maximum atomic E-state index is 12.3. The van der Waals surface area contributed by atoms with Crippen LogP contribution in [0.5, 0.6) is 11.5 Å². The second-order valence-corrected chi connectivity index (χ2v) is 5.36. The average Bonchev–Trinajstić information content (AvgIpc) is 2.47. The number of ether oxygens (including phenoxy) is 2. The topological polar surface area (TPSA) is 47.6 Å². The summed E-state index contributed by atoms with van der Waals surface area (Å²) in [6.07, 6.45) is 0. The van der Waals surface area contributed by atoms with E-state index in [-0.39, 0.29) is 5.91 Å². The number of hydrogen-bond acceptors (Lipinski definition) is 3. The second kappa shape index (κ2) is 6.63. The van der Waals surface area contributed by atoms with Gasteiger partial charge in [0.15, 0.2) is 0 Å². The number of methoxy groups -OCH3 is 2. The molecular formula is C16H16BrNO3. The highest BCUT2D eigenvalue weighted by atomic mass is 79.9. The molecule has 2 aromatic rings. The van der Waals surface area contributed by atoms with Gasteiger partial charge in [-0.2, -0.15) is 0 Å².